The predicted molar refractivity (Wildman–Crippen MR) is 127 cm³/mol. The van der Waals surface area contributed by atoms with Crippen molar-refractivity contribution < 1.29 is 14.4 Å². The molecule has 0 spiro atoms. The highest BCUT2D eigenvalue weighted by molar-refractivity contribution is 6.11. The molecule has 0 unspecified atom stereocenters. The van der Waals surface area contributed by atoms with E-state index in [1.54, 1.807) is 23.2 Å². The Bertz CT molecular complexity index is 1080. The lowest BCUT2D eigenvalue weighted by atomic mass is 9.95. The number of hydrogen-bond donors (Lipinski definition) is 1. The second kappa shape index (κ2) is 8.84. The van der Waals surface area contributed by atoms with E-state index in [4.69, 9.17) is 0 Å². The minimum Gasteiger partial charge on any atom is -0.358 e. The molecule has 3 amide bonds. The Morgan fingerprint density at radius 2 is 1.82 bits per heavy atom. The van der Waals surface area contributed by atoms with E-state index in [9.17, 15) is 14.4 Å². The molecule has 5 rings (SSSR count). The normalized spacial score (nSPS) is 19.8. The molecule has 0 aliphatic carbocycles. The number of nitrogens with zero attached hydrogens (tertiary/aromatic N) is 4. The number of hydrogen-bond acceptors (Lipinski definition) is 5. The highest BCUT2D eigenvalue weighted by atomic mass is 16.2. The lowest BCUT2D eigenvalue weighted by molar-refractivity contribution is -0.123. The molecule has 8 nitrogen and oxygen atoms in total. The molecule has 2 fully saturated rings. The zero-order valence-corrected chi connectivity index (χ0v) is 18.9. The van der Waals surface area contributed by atoms with Crippen LogP contribution in [0.4, 0.5) is 17.2 Å². The van der Waals surface area contributed by atoms with Gasteiger partial charge in [-0.2, -0.15) is 0 Å². The first-order chi connectivity index (χ1) is 16.0. The average Bonchev–Trinajstić information content (AvgIpc) is 3.37. The molecule has 172 valence electrons. The van der Waals surface area contributed by atoms with E-state index in [2.05, 4.69) is 15.2 Å². The van der Waals surface area contributed by atoms with E-state index in [-0.39, 0.29) is 30.3 Å². The van der Waals surface area contributed by atoms with Gasteiger partial charge in [0.2, 0.25) is 11.8 Å². The molecule has 2 aromatic rings. The maximum atomic E-state index is 13.5. The SMILES string of the molecule is Cc1ccc(NC(=O)CN2C(=O)[C@H]3CCCCN3c3ccc(C(=O)N4CCCC4)cc32)nc1. The molecule has 1 aromatic heterocycles. The minimum absolute atomic E-state index is 0.0169. The molecule has 1 atom stereocenters. The molecule has 0 bridgehead atoms. The van der Waals surface area contributed by atoms with Crippen molar-refractivity contribution in [2.45, 2.75) is 45.1 Å². The van der Waals surface area contributed by atoms with Crippen molar-refractivity contribution in [3.63, 3.8) is 0 Å². The summed E-state index contributed by atoms with van der Waals surface area (Å²) < 4.78 is 0. The van der Waals surface area contributed by atoms with Gasteiger partial charge in [-0.1, -0.05) is 6.07 Å². The first-order valence-electron chi connectivity index (χ1n) is 11.7. The van der Waals surface area contributed by atoms with Crippen molar-refractivity contribution in [1.29, 1.82) is 0 Å². The number of likely N-dealkylation sites (tertiary alicyclic amines) is 1. The highest BCUT2D eigenvalue weighted by Gasteiger charge is 2.40. The van der Waals surface area contributed by atoms with Crippen LogP contribution in [0.3, 0.4) is 0 Å². The van der Waals surface area contributed by atoms with Crippen LogP contribution in [0.2, 0.25) is 0 Å². The van der Waals surface area contributed by atoms with Gasteiger partial charge in [-0.05, 0) is 68.9 Å². The third kappa shape index (κ3) is 4.17. The van der Waals surface area contributed by atoms with Crippen molar-refractivity contribution in [3.8, 4) is 0 Å². The van der Waals surface area contributed by atoms with Crippen LogP contribution in [-0.2, 0) is 9.59 Å². The molecule has 4 heterocycles. The molecule has 0 saturated carbocycles. The lowest BCUT2D eigenvalue weighted by Crippen LogP contribution is -2.56. The van der Waals surface area contributed by atoms with Gasteiger partial charge in [-0.15, -0.1) is 0 Å². The van der Waals surface area contributed by atoms with Crippen LogP contribution in [0.25, 0.3) is 0 Å². The molecular formula is C25H29N5O3. The molecule has 8 heteroatoms. The number of nitrogens with one attached hydrogen (secondary N) is 1. The van der Waals surface area contributed by atoms with E-state index in [0.29, 0.717) is 17.1 Å². The second-order valence-electron chi connectivity index (χ2n) is 9.10. The molecular weight excluding hydrogens is 418 g/mol. The first-order valence-corrected chi connectivity index (χ1v) is 11.7. The van der Waals surface area contributed by atoms with E-state index in [1.165, 1.54) is 0 Å². The summed E-state index contributed by atoms with van der Waals surface area (Å²) in [6, 6.07) is 8.94. The Kier molecular flexibility index (Phi) is 5.74. The van der Waals surface area contributed by atoms with Crippen LogP contribution >= 0.6 is 0 Å². The van der Waals surface area contributed by atoms with Crippen molar-refractivity contribution in [1.82, 2.24) is 9.88 Å². The van der Waals surface area contributed by atoms with Crippen LogP contribution in [0.5, 0.6) is 0 Å². The van der Waals surface area contributed by atoms with Gasteiger partial charge in [0.15, 0.2) is 0 Å². The van der Waals surface area contributed by atoms with Crippen molar-refractivity contribution >= 4 is 34.9 Å². The number of amides is 3. The number of aryl methyl sites for hydroxylation is 1. The molecule has 2 saturated heterocycles. The number of benzene rings is 1. The number of pyridine rings is 1. The highest BCUT2D eigenvalue weighted by Crippen LogP contribution is 2.40. The van der Waals surface area contributed by atoms with Crippen LogP contribution in [0.1, 0.15) is 48.0 Å². The summed E-state index contributed by atoms with van der Waals surface area (Å²) in [6.45, 7) is 4.14. The third-order valence-electron chi connectivity index (χ3n) is 6.75. The van der Waals surface area contributed by atoms with Gasteiger partial charge in [-0.3, -0.25) is 19.3 Å². The fraction of sp³-hybridized carbons (Fsp3) is 0.440. The van der Waals surface area contributed by atoms with E-state index in [1.807, 2.05) is 30.0 Å². The molecule has 33 heavy (non-hydrogen) atoms. The van der Waals surface area contributed by atoms with Gasteiger partial charge in [0, 0.05) is 31.4 Å². The Hall–Kier alpha value is -3.42. The number of carbonyl (C=O) groups excluding carboxylic acids is 3. The fourth-order valence-corrected chi connectivity index (χ4v) is 5.02. The van der Waals surface area contributed by atoms with Crippen LogP contribution < -0.4 is 15.1 Å². The summed E-state index contributed by atoms with van der Waals surface area (Å²) in [6.07, 6.45) is 6.50. The summed E-state index contributed by atoms with van der Waals surface area (Å²) in [5.41, 5.74) is 3.11. The number of anilines is 3. The monoisotopic (exact) mass is 447 g/mol. The van der Waals surface area contributed by atoms with E-state index in [0.717, 1.165) is 63.0 Å². The van der Waals surface area contributed by atoms with Gasteiger partial charge in [0.25, 0.3) is 5.91 Å². The van der Waals surface area contributed by atoms with Gasteiger partial charge in [0.05, 0.1) is 11.4 Å². The van der Waals surface area contributed by atoms with Crippen molar-refractivity contribution in [2.24, 2.45) is 0 Å². The third-order valence-corrected chi connectivity index (χ3v) is 6.75. The maximum Gasteiger partial charge on any atom is 0.253 e. The van der Waals surface area contributed by atoms with Gasteiger partial charge < -0.3 is 15.1 Å². The summed E-state index contributed by atoms with van der Waals surface area (Å²) in [4.78, 5) is 49.1. The van der Waals surface area contributed by atoms with Crippen molar-refractivity contribution in [2.75, 3.05) is 41.3 Å². The van der Waals surface area contributed by atoms with Crippen molar-refractivity contribution in [3.05, 3.63) is 47.7 Å². The topological polar surface area (TPSA) is 85.8 Å². The van der Waals surface area contributed by atoms with Crippen LogP contribution in [0.15, 0.2) is 36.5 Å². The maximum absolute atomic E-state index is 13.5. The molecule has 3 aliphatic rings. The fourth-order valence-electron chi connectivity index (χ4n) is 5.02. The summed E-state index contributed by atoms with van der Waals surface area (Å²) >= 11 is 0. The van der Waals surface area contributed by atoms with Crippen LogP contribution in [-0.4, -0.2) is 59.8 Å². The Morgan fingerprint density at radius 1 is 1.03 bits per heavy atom. The molecule has 0 radical (unpaired) electrons. The number of aromatic nitrogens is 1. The first kappa shape index (κ1) is 21.4. The van der Waals surface area contributed by atoms with E-state index < -0.39 is 0 Å². The number of carbonyl (C=O) groups is 3. The number of rotatable bonds is 4. The number of piperidine rings is 1. The summed E-state index contributed by atoms with van der Waals surface area (Å²) in [7, 11) is 0. The van der Waals surface area contributed by atoms with Gasteiger partial charge in [-0.25, -0.2) is 4.98 Å². The lowest BCUT2D eigenvalue weighted by Gasteiger charge is -2.45. The smallest absolute Gasteiger partial charge is 0.253 e. The Morgan fingerprint density at radius 3 is 2.58 bits per heavy atom. The number of fused-ring (bicyclic) bond motifs is 3. The predicted octanol–water partition coefficient (Wildman–Crippen LogP) is 2.97. The van der Waals surface area contributed by atoms with Crippen LogP contribution in [0, 0.1) is 6.92 Å². The average molecular weight is 448 g/mol. The second-order valence-corrected chi connectivity index (χ2v) is 9.10. The van der Waals surface area contributed by atoms with E-state index >= 15 is 0 Å². The summed E-state index contributed by atoms with van der Waals surface area (Å²) in [5, 5.41) is 2.79. The van der Waals surface area contributed by atoms with Gasteiger partial charge >= 0.3 is 0 Å². The molecule has 3 aliphatic heterocycles. The largest absolute Gasteiger partial charge is 0.358 e. The van der Waals surface area contributed by atoms with Gasteiger partial charge in [0.1, 0.15) is 18.4 Å². The zero-order valence-electron chi connectivity index (χ0n) is 18.9. The summed E-state index contributed by atoms with van der Waals surface area (Å²) in [5.74, 6) is 0.0375. The Balaban J connectivity index is 1.45. The molecule has 1 aromatic carbocycles. The minimum atomic E-state index is -0.314. The standard InChI is InChI=1S/C25H29N5O3/c1-17-7-10-22(26-15-17)27-23(31)16-30-21-14-18(24(32)28-11-4-5-12-28)8-9-19(21)29-13-3-2-6-20(29)25(30)33/h7-10,14-15,20H,2-6,11-13,16H2,1H3,(H,26,27,31)/t20-/m1/s1. The molecule has 1 N–H and O–H groups in total. The Labute approximate surface area is 193 Å². The zero-order chi connectivity index (χ0) is 22.9. The quantitative estimate of drug-likeness (QED) is 0.779.